The third kappa shape index (κ3) is 10.4. The zero-order chi connectivity index (χ0) is 13.6. The van der Waals surface area contributed by atoms with Crippen molar-refractivity contribution in [1.82, 2.24) is 0 Å². The van der Waals surface area contributed by atoms with E-state index in [0.717, 1.165) is 12.8 Å². The molecule has 0 aromatic rings. The second kappa shape index (κ2) is 12.7. The van der Waals surface area contributed by atoms with Crippen molar-refractivity contribution in [2.75, 3.05) is 7.11 Å². The van der Waals surface area contributed by atoms with Gasteiger partial charge in [0.2, 0.25) is 0 Å². The number of carbonyl (C=O) groups excluding carboxylic acids is 1. The van der Waals surface area contributed by atoms with E-state index in [0.29, 0.717) is 0 Å². The minimum Gasteiger partial charge on any atom is -0.469 e. The molecule has 2 nitrogen and oxygen atoms in total. The Bertz CT molecular complexity index is 221. The molecule has 1 atom stereocenters. The molecule has 0 saturated heterocycles. The number of hydrogen-bond acceptors (Lipinski definition) is 2. The average molecular weight is 254 g/mol. The van der Waals surface area contributed by atoms with Crippen molar-refractivity contribution in [2.24, 2.45) is 5.92 Å². The predicted octanol–water partition coefficient (Wildman–Crippen LogP) is 4.88. The predicted molar refractivity (Wildman–Crippen MR) is 77.5 cm³/mol. The van der Waals surface area contributed by atoms with Gasteiger partial charge < -0.3 is 4.74 Å². The van der Waals surface area contributed by atoms with Crippen LogP contribution in [-0.4, -0.2) is 13.1 Å². The zero-order valence-electron chi connectivity index (χ0n) is 12.4. The fourth-order valence-electron chi connectivity index (χ4n) is 1.93. The Morgan fingerprint density at radius 2 is 1.67 bits per heavy atom. The third-order valence-electron chi connectivity index (χ3n) is 3.23. The van der Waals surface area contributed by atoms with Gasteiger partial charge in [-0.2, -0.15) is 0 Å². The molecule has 0 rings (SSSR count). The molecule has 0 bridgehead atoms. The second-order valence-electron chi connectivity index (χ2n) is 5.04. The molecular weight excluding hydrogens is 224 g/mol. The summed E-state index contributed by atoms with van der Waals surface area (Å²) in [7, 11) is 1.45. The van der Waals surface area contributed by atoms with Gasteiger partial charge in [-0.25, -0.2) is 0 Å². The van der Waals surface area contributed by atoms with E-state index in [9.17, 15) is 4.79 Å². The molecule has 1 unspecified atom stereocenters. The van der Waals surface area contributed by atoms with Crippen LogP contribution in [0.25, 0.3) is 0 Å². The maximum absolute atomic E-state index is 11.1. The molecule has 0 saturated carbocycles. The maximum Gasteiger partial charge on any atom is 0.308 e. The molecule has 0 aliphatic carbocycles. The van der Waals surface area contributed by atoms with Crippen LogP contribution < -0.4 is 0 Å². The highest BCUT2D eigenvalue weighted by atomic mass is 16.5. The lowest BCUT2D eigenvalue weighted by Gasteiger charge is -2.04. The molecular formula is C16H30O2. The van der Waals surface area contributed by atoms with Crippen LogP contribution in [0.5, 0.6) is 0 Å². The molecule has 0 radical (unpaired) electrons. The fourth-order valence-corrected chi connectivity index (χ4v) is 1.93. The van der Waals surface area contributed by atoms with Crippen molar-refractivity contribution in [3.05, 3.63) is 12.2 Å². The van der Waals surface area contributed by atoms with Crippen LogP contribution in [0, 0.1) is 5.92 Å². The topological polar surface area (TPSA) is 26.3 Å². The van der Waals surface area contributed by atoms with Gasteiger partial charge in [-0.3, -0.25) is 4.79 Å². The minimum absolute atomic E-state index is 0.0136. The van der Waals surface area contributed by atoms with Gasteiger partial charge in [0.15, 0.2) is 0 Å². The van der Waals surface area contributed by atoms with Gasteiger partial charge in [0.1, 0.15) is 0 Å². The summed E-state index contributed by atoms with van der Waals surface area (Å²) in [4.78, 5) is 11.1. The van der Waals surface area contributed by atoms with Crippen LogP contribution in [0.15, 0.2) is 12.2 Å². The van der Waals surface area contributed by atoms with Gasteiger partial charge in [-0.05, 0) is 19.3 Å². The molecule has 0 aromatic carbocycles. The van der Waals surface area contributed by atoms with Crippen molar-refractivity contribution in [1.29, 1.82) is 0 Å². The molecule has 0 aliphatic heterocycles. The first-order chi connectivity index (χ1) is 8.72. The summed E-state index contributed by atoms with van der Waals surface area (Å²) in [5, 5.41) is 0. The number of esters is 1. The van der Waals surface area contributed by atoms with Crippen molar-refractivity contribution >= 4 is 5.97 Å². The van der Waals surface area contributed by atoms with E-state index in [1.165, 1.54) is 52.1 Å². The molecule has 2 heteroatoms. The highest BCUT2D eigenvalue weighted by Gasteiger charge is 2.09. The molecule has 106 valence electrons. The van der Waals surface area contributed by atoms with Gasteiger partial charge in [-0.1, -0.05) is 64.5 Å². The standard InChI is InChI=1S/C16H30O2/c1-4-5-6-7-8-9-10-11-12-13-14-15(2)16(17)18-3/h12-13,15H,4-11,14H2,1-3H3. The Hall–Kier alpha value is -0.790. The van der Waals surface area contributed by atoms with Crippen molar-refractivity contribution in [2.45, 2.75) is 71.6 Å². The third-order valence-corrected chi connectivity index (χ3v) is 3.23. The van der Waals surface area contributed by atoms with E-state index < -0.39 is 0 Å². The smallest absolute Gasteiger partial charge is 0.308 e. The number of unbranched alkanes of at least 4 members (excludes halogenated alkanes) is 7. The first-order valence-corrected chi connectivity index (χ1v) is 7.45. The van der Waals surface area contributed by atoms with Crippen LogP contribution in [0.1, 0.15) is 71.6 Å². The molecule has 0 fully saturated rings. The van der Waals surface area contributed by atoms with Gasteiger partial charge in [0.05, 0.1) is 13.0 Å². The Balaban J connectivity index is 3.30. The Labute approximate surface area is 113 Å². The highest BCUT2D eigenvalue weighted by Crippen LogP contribution is 2.10. The number of allylic oxidation sites excluding steroid dienone is 2. The second-order valence-corrected chi connectivity index (χ2v) is 5.04. The summed E-state index contributed by atoms with van der Waals surface area (Å²) >= 11 is 0. The molecule has 0 amide bonds. The zero-order valence-corrected chi connectivity index (χ0v) is 12.4. The Morgan fingerprint density at radius 1 is 1.06 bits per heavy atom. The first kappa shape index (κ1) is 17.2. The van der Waals surface area contributed by atoms with Crippen LogP contribution in [0.4, 0.5) is 0 Å². The SMILES string of the molecule is CCCCCCCCCC=CCC(C)C(=O)OC. The highest BCUT2D eigenvalue weighted by molar-refractivity contribution is 5.71. The van der Waals surface area contributed by atoms with E-state index in [1.54, 1.807) is 0 Å². The lowest BCUT2D eigenvalue weighted by molar-refractivity contribution is -0.144. The first-order valence-electron chi connectivity index (χ1n) is 7.45. The number of methoxy groups -OCH3 is 1. The number of hydrogen-bond donors (Lipinski definition) is 0. The van der Waals surface area contributed by atoms with Crippen LogP contribution in [-0.2, 0) is 9.53 Å². The van der Waals surface area contributed by atoms with Crippen LogP contribution in [0.2, 0.25) is 0 Å². The number of ether oxygens (including phenoxy) is 1. The molecule has 0 spiro atoms. The van der Waals surface area contributed by atoms with Crippen LogP contribution in [0.3, 0.4) is 0 Å². The summed E-state index contributed by atoms with van der Waals surface area (Å²) in [5.74, 6) is -0.129. The van der Waals surface area contributed by atoms with E-state index >= 15 is 0 Å². The molecule has 0 N–H and O–H groups in total. The van der Waals surface area contributed by atoms with E-state index in [4.69, 9.17) is 0 Å². The maximum atomic E-state index is 11.1. The molecule has 0 aromatic heterocycles. The summed E-state index contributed by atoms with van der Waals surface area (Å²) in [6.45, 7) is 4.16. The molecule has 18 heavy (non-hydrogen) atoms. The van der Waals surface area contributed by atoms with E-state index in [1.807, 2.05) is 6.92 Å². The summed E-state index contributed by atoms with van der Waals surface area (Å²) in [6, 6.07) is 0. The fraction of sp³-hybridized carbons (Fsp3) is 0.812. The van der Waals surface area contributed by atoms with Crippen molar-refractivity contribution < 1.29 is 9.53 Å². The summed E-state index contributed by atoms with van der Waals surface area (Å²) in [5.41, 5.74) is 0. The van der Waals surface area contributed by atoms with Gasteiger partial charge in [0, 0.05) is 0 Å². The van der Waals surface area contributed by atoms with Crippen LogP contribution >= 0.6 is 0 Å². The largest absolute Gasteiger partial charge is 0.469 e. The van der Waals surface area contributed by atoms with Gasteiger partial charge in [0.25, 0.3) is 0 Å². The minimum atomic E-state index is -0.115. The molecule has 0 aliphatic rings. The quantitative estimate of drug-likeness (QED) is 0.298. The number of rotatable bonds is 11. The van der Waals surface area contributed by atoms with Gasteiger partial charge >= 0.3 is 5.97 Å². The normalized spacial score (nSPS) is 12.8. The van der Waals surface area contributed by atoms with Crippen molar-refractivity contribution in [3.8, 4) is 0 Å². The molecule has 0 heterocycles. The number of carbonyl (C=O) groups is 1. The van der Waals surface area contributed by atoms with Crippen molar-refractivity contribution in [3.63, 3.8) is 0 Å². The lowest BCUT2D eigenvalue weighted by Crippen LogP contribution is -2.11. The Kier molecular flexibility index (Phi) is 12.1. The summed E-state index contributed by atoms with van der Waals surface area (Å²) in [6.07, 6.45) is 15.7. The van der Waals surface area contributed by atoms with Gasteiger partial charge in [-0.15, -0.1) is 0 Å². The summed E-state index contributed by atoms with van der Waals surface area (Å²) < 4.78 is 4.68. The Morgan fingerprint density at radius 3 is 2.28 bits per heavy atom. The monoisotopic (exact) mass is 254 g/mol. The lowest BCUT2D eigenvalue weighted by atomic mass is 10.1. The van der Waals surface area contributed by atoms with E-state index in [-0.39, 0.29) is 11.9 Å². The van der Waals surface area contributed by atoms with E-state index in [2.05, 4.69) is 23.8 Å². The average Bonchev–Trinajstić information content (AvgIpc) is 2.39.